The predicted octanol–water partition coefficient (Wildman–Crippen LogP) is 2.53. The van der Waals surface area contributed by atoms with E-state index in [-0.39, 0.29) is 47.3 Å². The van der Waals surface area contributed by atoms with Crippen molar-refractivity contribution in [2.24, 2.45) is 5.73 Å². The molecule has 1 fully saturated rings. The topological polar surface area (TPSA) is 129 Å². The lowest BCUT2D eigenvalue weighted by atomic mass is 9.81. The zero-order valence-electron chi connectivity index (χ0n) is 22.1. The molecule has 2 aromatic rings. The van der Waals surface area contributed by atoms with Gasteiger partial charge in [-0.25, -0.2) is 18.4 Å². The highest BCUT2D eigenvalue weighted by atomic mass is 19.1. The van der Waals surface area contributed by atoms with Crippen molar-refractivity contribution in [1.29, 1.82) is 5.26 Å². The molecule has 1 saturated heterocycles. The van der Waals surface area contributed by atoms with Crippen molar-refractivity contribution in [2.45, 2.75) is 12.8 Å². The van der Waals surface area contributed by atoms with Crippen LogP contribution in [0.1, 0.15) is 18.4 Å². The van der Waals surface area contributed by atoms with E-state index in [0.717, 1.165) is 31.3 Å². The molecule has 1 atom stereocenters. The summed E-state index contributed by atoms with van der Waals surface area (Å²) in [6.45, 7) is 2.42. The minimum Gasteiger partial charge on any atom is -0.466 e. The van der Waals surface area contributed by atoms with Gasteiger partial charge in [-0.15, -0.1) is 0 Å². The molecule has 4 rings (SSSR count). The Labute approximate surface area is 229 Å². The molecule has 0 aromatic heterocycles. The highest BCUT2D eigenvalue weighted by Gasteiger charge is 2.43. The third-order valence-electron chi connectivity index (χ3n) is 6.91. The normalized spacial score (nSPS) is 17.5. The van der Waals surface area contributed by atoms with E-state index in [0.29, 0.717) is 18.7 Å². The Morgan fingerprint density at radius 1 is 0.975 bits per heavy atom. The van der Waals surface area contributed by atoms with E-state index in [1.165, 1.54) is 11.8 Å². The van der Waals surface area contributed by atoms with Crippen LogP contribution >= 0.6 is 0 Å². The number of carbonyl (C=O) groups is 3. The van der Waals surface area contributed by atoms with Crippen LogP contribution in [0.25, 0.3) is 0 Å². The number of amides is 1. The number of esters is 2. The van der Waals surface area contributed by atoms with Crippen LogP contribution in [0.4, 0.5) is 20.2 Å². The Morgan fingerprint density at radius 2 is 1.55 bits per heavy atom. The molecule has 2 aliphatic heterocycles. The van der Waals surface area contributed by atoms with Crippen molar-refractivity contribution in [3.63, 3.8) is 0 Å². The van der Waals surface area contributed by atoms with Crippen molar-refractivity contribution in [1.82, 2.24) is 4.90 Å². The van der Waals surface area contributed by atoms with Crippen LogP contribution < -0.4 is 15.5 Å². The Balaban J connectivity index is 1.90. The number of carbonyl (C=O) groups excluding carboxylic acids is 3. The number of piperazine rings is 1. The number of halogens is 2. The van der Waals surface area contributed by atoms with E-state index in [2.05, 4.69) is 0 Å². The molecule has 0 radical (unpaired) electrons. The lowest BCUT2D eigenvalue weighted by molar-refractivity contribution is -0.139. The van der Waals surface area contributed by atoms with Crippen molar-refractivity contribution in [3.05, 3.63) is 82.3 Å². The molecule has 10 nitrogen and oxygen atoms in total. The smallest absolute Gasteiger partial charge is 0.355 e. The van der Waals surface area contributed by atoms with Crippen LogP contribution in [0.15, 0.2) is 65.1 Å². The molecule has 2 aliphatic rings. The van der Waals surface area contributed by atoms with E-state index in [1.54, 1.807) is 35.2 Å². The molecule has 2 aromatic carbocycles. The third-order valence-corrected chi connectivity index (χ3v) is 6.91. The molecule has 208 valence electrons. The number of hydrogen-bond donors (Lipinski definition) is 1. The van der Waals surface area contributed by atoms with E-state index < -0.39 is 35.2 Å². The van der Waals surface area contributed by atoms with Crippen molar-refractivity contribution in [2.75, 3.05) is 50.2 Å². The molecule has 40 heavy (non-hydrogen) atoms. The summed E-state index contributed by atoms with van der Waals surface area (Å²) < 4.78 is 41.0. The lowest BCUT2D eigenvalue weighted by Gasteiger charge is -2.37. The average molecular weight is 552 g/mol. The Kier molecular flexibility index (Phi) is 8.04. The van der Waals surface area contributed by atoms with Gasteiger partial charge in [-0.05, 0) is 5.56 Å². The molecule has 2 N–H and O–H groups in total. The van der Waals surface area contributed by atoms with E-state index in [1.807, 2.05) is 6.07 Å². The van der Waals surface area contributed by atoms with Gasteiger partial charge in [0.15, 0.2) is 11.6 Å². The second-order valence-electron chi connectivity index (χ2n) is 9.09. The summed E-state index contributed by atoms with van der Waals surface area (Å²) in [5, 5.41) is 10.1. The zero-order valence-corrected chi connectivity index (χ0v) is 22.1. The number of anilines is 2. The largest absolute Gasteiger partial charge is 0.466 e. The van der Waals surface area contributed by atoms with Gasteiger partial charge in [0.05, 0.1) is 43.0 Å². The number of hydrogen-bond acceptors (Lipinski definition) is 9. The Bertz CT molecular complexity index is 1440. The molecule has 0 bridgehead atoms. The number of allylic oxidation sites excluding steroid dienone is 1. The molecule has 0 spiro atoms. The van der Waals surface area contributed by atoms with Gasteiger partial charge in [0.25, 0.3) is 0 Å². The SMILES string of the molecule is COC(=O)C1=C(C(=O)OC)N(c2cc(F)c(N3CCN(C(C)=O)CC3)c(F)c2)C(N)=C(C#N)C1c1ccccc1. The first-order valence-corrected chi connectivity index (χ1v) is 12.3. The van der Waals surface area contributed by atoms with Gasteiger partial charge < -0.3 is 25.0 Å². The van der Waals surface area contributed by atoms with Crippen molar-refractivity contribution < 1.29 is 32.6 Å². The highest BCUT2D eigenvalue weighted by Crippen LogP contribution is 2.44. The maximum atomic E-state index is 15.6. The van der Waals surface area contributed by atoms with Gasteiger partial charge in [0.1, 0.15) is 17.2 Å². The van der Waals surface area contributed by atoms with Crippen molar-refractivity contribution >= 4 is 29.2 Å². The summed E-state index contributed by atoms with van der Waals surface area (Å²) in [6.07, 6.45) is 0. The first kappa shape index (κ1) is 28.1. The number of nitriles is 1. The Hall–Kier alpha value is -4.92. The van der Waals surface area contributed by atoms with Gasteiger partial charge in [0.2, 0.25) is 5.91 Å². The van der Waals surface area contributed by atoms with Gasteiger partial charge in [-0.2, -0.15) is 5.26 Å². The fraction of sp³-hybridized carbons (Fsp3) is 0.286. The van der Waals surface area contributed by atoms with Crippen molar-refractivity contribution in [3.8, 4) is 6.07 Å². The lowest BCUT2D eigenvalue weighted by Crippen LogP contribution is -2.48. The van der Waals surface area contributed by atoms with Gasteiger partial charge in [0, 0.05) is 45.2 Å². The van der Waals surface area contributed by atoms with E-state index in [9.17, 15) is 19.6 Å². The first-order valence-electron chi connectivity index (χ1n) is 12.3. The molecule has 1 unspecified atom stereocenters. The maximum absolute atomic E-state index is 15.6. The van der Waals surface area contributed by atoms with Crippen LogP contribution in [0.2, 0.25) is 0 Å². The molecule has 0 saturated carbocycles. The predicted molar refractivity (Wildman–Crippen MR) is 140 cm³/mol. The van der Waals surface area contributed by atoms with E-state index >= 15 is 8.78 Å². The molecule has 0 aliphatic carbocycles. The number of nitrogens with zero attached hydrogens (tertiary/aromatic N) is 4. The minimum absolute atomic E-state index is 0.131. The highest BCUT2D eigenvalue weighted by molar-refractivity contribution is 6.06. The van der Waals surface area contributed by atoms with Crippen LogP contribution in [-0.4, -0.2) is 63.1 Å². The summed E-state index contributed by atoms with van der Waals surface area (Å²) in [4.78, 5) is 41.9. The monoisotopic (exact) mass is 551 g/mol. The Morgan fingerprint density at radius 3 is 2.05 bits per heavy atom. The summed E-state index contributed by atoms with van der Waals surface area (Å²) in [5.41, 5.74) is 5.44. The average Bonchev–Trinajstić information content (AvgIpc) is 2.95. The first-order chi connectivity index (χ1) is 19.1. The summed E-state index contributed by atoms with van der Waals surface area (Å²) in [7, 11) is 2.18. The summed E-state index contributed by atoms with van der Waals surface area (Å²) in [6, 6.07) is 12.3. The zero-order chi connectivity index (χ0) is 29.1. The van der Waals surface area contributed by atoms with Gasteiger partial charge in [-0.1, -0.05) is 30.3 Å². The summed E-state index contributed by atoms with van der Waals surface area (Å²) in [5.74, 6) is -5.49. The second-order valence-corrected chi connectivity index (χ2v) is 9.09. The second kappa shape index (κ2) is 11.4. The van der Waals surface area contributed by atoms with Gasteiger partial charge in [-0.3, -0.25) is 9.69 Å². The molecular formula is C28H27F2N5O5. The van der Waals surface area contributed by atoms with Gasteiger partial charge >= 0.3 is 11.9 Å². The van der Waals surface area contributed by atoms with Crippen LogP contribution in [-0.2, 0) is 23.9 Å². The standard InChI is InChI=1S/C28H27F2N5O5/c1-16(36)33-9-11-34(12-10-33)24-20(29)13-18(14-21(24)30)35-25(28(38)40-3)23(27(37)39-2)22(19(15-31)26(35)32)17-7-5-4-6-8-17/h4-8,13-14,22H,9-12,32H2,1-3H3. The maximum Gasteiger partial charge on any atom is 0.355 e. The number of methoxy groups -OCH3 is 2. The van der Waals surface area contributed by atoms with Crippen LogP contribution in [0.5, 0.6) is 0 Å². The fourth-order valence-electron chi connectivity index (χ4n) is 5.01. The third kappa shape index (κ3) is 4.93. The quantitative estimate of drug-likeness (QED) is 0.558. The number of benzene rings is 2. The van der Waals surface area contributed by atoms with Crippen LogP contribution in [0.3, 0.4) is 0 Å². The summed E-state index contributed by atoms with van der Waals surface area (Å²) >= 11 is 0. The number of ether oxygens (including phenoxy) is 2. The van der Waals surface area contributed by atoms with E-state index in [4.69, 9.17) is 15.2 Å². The molecule has 2 heterocycles. The molecule has 1 amide bonds. The molecule has 12 heteroatoms. The number of nitrogens with two attached hydrogens (primary N) is 1. The fourth-order valence-corrected chi connectivity index (χ4v) is 5.01. The minimum atomic E-state index is -1.12. The van der Waals surface area contributed by atoms with Crippen LogP contribution in [0, 0.1) is 23.0 Å². The molecular weight excluding hydrogens is 524 g/mol. The number of rotatable bonds is 5.